The Morgan fingerprint density at radius 3 is 2.65 bits per heavy atom. The molecule has 1 saturated heterocycles. The molecule has 0 unspecified atom stereocenters. The zero-order valence-electron chi connectivity index (χ0n) is 13.5. The van der Waals surface area contributed by atoms with E-state index in [0.29, 0.717) is 12.0 Å². The molecule has 1 aromatic rings. The van der Waals surface area contributed by atoms with Crippen molar-refractivity contribution in [2.24, 2.45) is 5.92 Å². The molecule has 0 bridgehead atoms. The van der Waals surface area contributed by atoms with Gasteiger partial charge in [-0.3, -0.25) is 0 Å². The van der Waals surface area contributed by atoms with Crippen molar-refractivity contribution in [3.63, 3.8) is 0 Å². The predicted molar refractivity (Wildman–Crippen MR) is 85.3 cm³/mol. The van der Waals surface area contributed by atoms with Crippen LogP contribution in [0.15, 0.2) is 6.20 Å². The van der Waals surface area contributed by atoms with Gasteiger partial charge in [-0.05, 0) is 38.6 Å². The van der Waals surface area contributed by atoms with Gasteiger partial charge in [0.1, 0.15) is 0 Å². The molecule has 0 saturated carbocycles. The Balaban J connectivity index is 1.98. The van der Waals surface area contributed by atoms with E-state index in [2.05, 4.69) is 53.7 Å². The van der Waals surface area contributed by atoms with Crippen LogP contribution in [0.25, 0.3) is 0 Å². The van der Waals surface area contributed by atoms with Crippen molar-refractivity contribution in [3.8, 4) is 0 Å². The molecule has 1 N–H and O–H groups in total. The van der Waals surface area contributed by atoms with E-state index in [1.54, 1.807) is 0 Å². The standard InChI is InChI=1S/C16H30N4/c1-5-8-19-9-6-15(7-10-19)20-12-14(4)18-16(20)17-11-13(2)3/h12-13,15H,5-11H2,1-4H3,(H,17,18). The first kappa shape index (κ1) is 15.4. The average Bonchev–Trinajstić information content (AvgIpc) is 2.79. The number of piperidine rings is 1. The third kappa shape index (κ3) is 3.98. The number of anilines is 1. The maximum absolute atomic E-state index is 4.65. The van der Waals surface area contributed by atoms with Crippen LogP contribution in [0.2, 0.25) is 0 Å². The van der Waals surface area contributed by atoms with Crippen molar-refractivity contribution >= 4 is 5.95 Å². The van der Waals surface area contributed by atoms with E-state index in [-0.39, 0.29) is 0 Å². The molecule has 1 aliphatic rings. The van der Waals surface area contributed by atoms with Gasteiger partial charge >= 0.3 is 0 Å². The van der Waals surface area contributed by atoms with Crippen molar-refractivity contribution in [2.75, 3.05) is 31.5 Å². The van der Waals surface area contributed by atoms with Crippen molar-refractivity contribution in [2.45, 2.75) is 53.0 Å². The number of nitrogens with one attached hydrogen (secondary N) is 1. The number of rotatable bonds is 6. The van der Waals surface area contributed by atoms with E-state index in [0.717, 1.165) is 18.2 Å². The van der Waals surface area contributed by atoms with Crippen LogP contribution < -0.4 is 5.32 Å². The van der Waals surface area contributed by atoms with Crippen LogP contribution >= 0.6 is 0 Å². The van der Waals surface area contributed by atoms with Crippen LogP contribution in [-0.2, 0) is 0 Å². The molecule has 0 radical (unpaired) electrons. The Morgan fingerprint density at radius 1 is 1.35 bits per heavy atom. The molecule has 1 fully saturated rings. The summed E-state index contributed by atoms with van der Waals surface area (Å²) in [6, 6.07) is 0.610. The van der Waals surface area contributed by atoms with Crippen LogP contribution in [0.3, 0.4) is 0 Å². The molecular weight excluding hydrogens is 248 g/mol. The van der Waals surface area contributed by atoms with Crippen molar-refractivity contribution < 1.29 is 0 Å². The second-order valence-corrected chi connectivity index (χ2v) is 6.46. The van der Waals surface area contributed by atoms with Gasteiger partial charge < -0.3 is 14.8 Å². The van der Waals surface area contributed by atoms with Gasteiger partial charge in [-0.1, -0.05) is 20.8 Å². The second kappa shape index (κ2) is 7.11. The SMILES string of the molecule is CCCN1CCC(n2cc(C)nc2NCC(C)C)CC1. The highest BCUT2D eigenvalue weighted by Crippen LogP contribution is 2.26. The summed E-state index contributed by atoms with van der Waals surface area (Å²) in [6.07, 6.45) is 5.96. The lowest BCUT2D eigenvalue weighted by Crippen LogP contribution is -2.35. The molecule has 0 aliphatic carbocycles. The summed E-state index contributed by atoms with van der Waals surface area (Å²) in [7, 11) is 0. The maximum atomic E-state index is 4.65. The number of hydrogen-bond acceptors (Lipinski definition) is 3. The fourth-order valence-electron chi connectivity index (χ4n) is 2.96. The van der Waals surface area contributed by atoms with Gasteiger partial charge in [0.2, 0.25) is 5.95 Å². The average molecular weight is 278 g/mol. The summed E-state index contributed by atoms with van der Waals surface area (Å²) in [5, 5.41) is 3.51. The molecule has 0 atom stereocenters. The second-order valence-electron chi connectivity index (χ2n) is 6.46. The van der Waals surface area contributed by atoms with Crippen LogP contribution in [0, 0.1) is 12.8 Å². The Labute approximate surface area is 123 Å². The van der Waals surface area contributed by atoms with Crippen LogP contribution in [0.4, 0.5) is 5.95 Å². The molecule has 1 aliphatic heterocycles. The van der Waals surface area contributed by atoms with Gasteiger partial charge in [0.25, 0.3) is 0 Å². The number of nitrogens with zero attached hydrogens (tertiary/aromatic N) is 3. The minimum atomic E-state index is 0.610. The molecule has 4 heteroatoms. The summed E-state index contributed by atoms with van der Waals surface area (Å²) < 4.78 is 2.38. The molecule has 0 amide bonds. The van der Waals surface area contributed by atoms with Crippen molar-refractivity contribution in [1.82, 2.24) is 14.5 Å². The highest BCUT2D eigenvalue weighted by atomic mass is 15.2. The number of aromatic nitrogens is 2. The van der Waals surface area contributed by atoms with E-state index in [1.807, 2.05) is 0 Å². The van der Waals surface area contributed by atoms with E-state index >= 15 is 0 Å². The highest BCUT2D eigenvalue weighted by Gasteiger charge is 2.22. The smallest absolute Gasteiger partial charge is 0.203 e. The van der Waals surface area contributed by atoms with Gasteiger partial charge in [-0.25, -0.2) is 4.98 Å². The number of aryl methyl sites for hydroxylation is 1. The Morgan fingerprint density at radius 2 is 2.05 bits per heavy atom. The summed E-state index contributed by atoms with van der Waals surface area (Å²) in [6.45, 7) is 13.5. The highest BCUT2D eigenvalue weighted by molar-refractivity contribution is 5.29. The molecule has 1 aromatic heterocycles. The fourth-order valence-corrected chi connectivity index (χ4v) is 2.96. The predicted octanol–water partition coefficient (Wildman–Crippen LogP) is 3.31. The van der Waals surface area contributed by atoms with Crippen LogP contribution in [-0.4, -0.2) is 40.6 Å². The molecule has 20 heavy (non-hydrogen) atoms. The van der Waals surface area contributed by atoms with Gasteiger partial charge in [0, 0.05) is 31.9 Å². The Hall–Kier alpha value is -1.03. The first-order valence-electron chi connectivity index (χ1n) is 8.11. The zero-order chi connectivity index (χ0) is 14.5. The monoisotopic (exact) mass is 278 g/mol. The van der Waals surface area contributed by atoms with Crippen molar-refractivity contribution in [1.29, 1.82) is 0 Å². The van der Waals surface area contributed by atoms with Crippen molar-refractivity contribution in [3.05, 3.63) is 11.9 Å². The summed E-state index contributed by atoms with van der Waals surface area (Å²) in [5.41, 5.74) is 1.12. The van der Waals surface area contributed by atoms with Gasteiger partial charge in [-0.15, -0.1) is 0 Å². The minimum absolute atomic E-state index is 0.610. The van der Waals surface area contributed by atoms with Gasteiger partial charge in [0.15, 0.2) is 0 Å². The zero-order valence-corrected chi connectivity index (χ0v) is 13.5. The molecule has 4 nitrogen and oxygen atoms in total. The first-order valence-corrected chi connectivity index (χ1v) is 8.11. The maximum Gasteiger partial charge on any atom is 0.203 e. The normalized spacial score (nSPS) is 17.9. The third-order valence-corrected chi connectivity index (χ3v) is 4.01. The molecule has 0 aromatic carbocycles. The largest absolute Gasteiger partial charge is 0.355 e. The lowest BCUT2D eigenvalue weighted by atomic mass is 10.0. The van der Waals surface area contributed by atoms with E-state index in [9.17, 15) is 0 Å². The Kier molecular flexibility index (Phi) is 5.46. The lowest BCUT2D eigenvalue weighted by Gasteiger charge is -2.33. The quantitative estimate of drug-likeness (QED) is 0.866. The topological polar surface area (TPSA) is 33.1 Å². The van der Waals surface area contributed by atoms with E-state index in [4.69, 9.17) is 0 Å². The summed E-state index contributed by atoms with van der Waals surface area (Å²) >= 11 is 0. The molecule has 114 valence electrons. The first-order chi connectivity index (χ1) is 9.60. The third-order valence-electron chi connectivity index (χ3n) is 4.01. The van der Waals surface area contributed by atoms with E-state index < -0.39 is 0 Å². The van der Waals surface area contributed by atoms with Crippen LogP contribution in [0.1, 0.15) is 51.8 Å². The minimum Gasteiger partial charge on any atom is -0.355 e. The summed E-state index contributed by atoms with van der Waals surface area (Å²) in [4.78, 5) is 7.24. The summed E-state index contributed by atoms with van der Waals surface area (Å²) in [5.74, 6) is 1.71. The lowest BCUT2D eigenvalue weighted by molar-refractivity contribution is 0.187. The number of imidazole rings is 1. The van der Waals surface area contributed by atoms with E-state index in [1.165, 1.54) is 38.9 Å². The van der Waals surface area contributed by atoms with Gasteiger partial charge in [0.05, 0.1) is 5.69 Å². The molecule has 0 spiro atoms. The molecule has 2 rings (SSSR count). The molecule has 2 heterocycles. The Bertz CT molecular complexity index is 403. The fraction of sp³-hybridized carbons (Fsp3) is 0.812. The number of likely N-dealkylation sites (tertiary alicyclic amines) is 1. The molecular formula is C16H30N4. The van der Waals surface area contributed by atoms with Gasteiger partial charge in [-0.2, -0.15) is 0 Å². The van der Waals surface area contributed by atoms with Crippen LogP contribution in [0.5, 0.6) is 0 Å². The number of hydrogen-bond donors (Lipinski definition) is 1.